The molecule has 1 aromatic heterocycles. The third-order valence-electron chi connectivity index (χ3n) is 2.74. The van der Waals surface area contributed by atoms with Gasteiger partial charge in [0.15, 0.2) is 0 Å². The maximum Gasteiger partial charge on any atom is 0.250 e. The number of rotatable bonds is 5. The van der Waals surface area contributed by atoms with Crippen LogP contribution in [-0.2, 0) is 16.6 Å². The van der Waals surface area contributed by atoms with E-state index < -0.39 is 15.6 Å². The Balaban J connectivity index is 3.05. The van der Waals surface area contributed by atoms with Crippen LogP contribution in [0.15, 0.2) is 10.3 Å². The predicted octanol–water partition coefficient (Wildman–Crippen LogP) is 1.98. The van der Waals surface area contributed by atoms with Gasteiger partial charge in [0.2, 0.25) is 0 Å². The fourth-order valence-electron chi connectivity index (χ4n) is 1.31. The normalized spacial score (nSPS) is 13.0. The summed E-state index contributed by atoms with van der Waals surface area (Å²) < 4.78 is 27.3. The molecule has 4 nitrogen and oxygen atoms in total. The van der Waals surface area contributed by atoms with E-state index in [0.717, 1.165) is 16.9 Å². The Morgan fingerprint density at radius 1 is 1.47 bits per heavy atom. The molecule has 1 heterocycles. The topological polar surface area (TPSA) is 72.2 Å². The molecule has 0 aliphatic heterocycles. The Bertz CT molecular complexity index is 490. The minimum atomic E-state index is -3.43. The summed E-state index contributed by atoms with van der Waals surface area (Å²) >= 11 is 1.24. The van der Waals surface area contributed by atoms with Crippen LogP contribution in [0.25, 0.3) is 0 Å². The number of nitrogens with one attached hydrogen (secondary N) is 1. The average Bonchev–Trinajstić information content (AvgIpc) is 2.59. The molecule has 1 aromatic rings. The summed E-state index contributed by atoms with van der Waals surface area (Å²) in [5, 5.41) is 0. The summed E-state index contributed by atoms with van der Waals surface area (Å²) in [5.41, 5.74) is 6.06. The lowest BCUT2D eigenvalue weighted by atomic mass is 10.0. The molecule has 0 radical (unpaired) electrons. The molecule has 0 amide bonds. The molecule has 1 rings (SSSR count). The lowest BCUT2D eigenvalue weighted by Gasteiger charge is -2.23. The fourth-order valence-corrected chi connectivity index (χ4v) is 4.26. The van der Waals surface area contributed by atoms with Gasteiger partial charge in [-0.3, -0.25) is 0 Å². The summed E-state index contributed by atoms with van der Waals surface area (Å²) in [5.74, 6) is 0. The first kappa shape index (κ1) is 14.6. The highest BCUT2D eigenvalue weighted by Gasteiger charge is 2.26. The highest BCUT2D eigenvalue weighted by atomic mass is 32.2. The molecule has 3 N–H and O–H groups in total. The molecule has 0 aromatic carbocycles. The second-order valence-corrected chi connectivity index (χ2v) is 7.76. The quantitative estimate of drug-likeness (QED) is 0.863. The van der Waals surface area contributed by atoms with Gasteiger partial charge in [-0.2, -0.15) is 0 Å². The molecular weight excluding hydrogens is 256 g/mol. The van der Waals surface area contributed by atoms with E-state index in [0.29, 0.717) is 10.8 Å². The first-order valence-electron chi connectivity index (χ1n) is 5.55. The number of hydrogen-bond acceptors (Lipinski definition) is 4. The minimum absolute atomic E-state index is 0.344. The number of thiophene rings is 1. The number of hydrogen-bond donors (Lipinski definition) is 2. The van der Waals surface area contributed by atoms with Crippen LogP contribution in [-0.4, -0.2) is 14.0 Å². The van der Waals surface area contributed by atoms with E-state index in [1.165, 1.54) is 11.3 Å². The lowest BCUT2D eigenvalue weighted by molar-refractivity contribution is 0.440. The van der Waals surface area contributed by atoms with Gasteiger partial charge in [-0.25, -0.2) is 13.1 Å². The molecule has 0 aliphatic carbocycles. The highest BCUT2D eigenvalue weighted by Crippen LogP contribution is 2.26. The second kappa shape index (κ2) is 5.06. The third-order valence-corrected chi connectivity index (χ3v) is 6.17. The van der Waals surface area contributed by atoms with Crippen molar-refractivity contribution >= 4 is 21.4 Å². The molecule has 0 bridgehead atoms. The third kappa shape index (κ3) is 3.51. The van der Waals surface area contributed by atoms with Crippen molar-refractivity contribution in [3.05, 3.63) is 16.5 Å². The zero-order valence-corrected chi connectivity index (χ0v) is 12.3. The van der Waals surface area contributed by atoms with E-state index in [-0.39, 0.29) is 0 Å². The molecule has 0 fully saturated rings. The Kier molecular flexibility index (Phi) is 4.35. The summed E-state index contributed by atoms with van der Waals surface area (Å²) in [7, 11) is -3.43. The van der Waals surface area contributed by atoms with E-state index in [2.05, 4.69) is 4.72 Å². The van der Waals surface area contributed by atoms with Crippen molar-refractivity contribution < 1.29 is 8.42 Å². The van der Waals surface area contributed by atoms with E-state index >= 15 is 0 Å². The average molecular weight is 276 g/mol. The van der Waals surface area contributed by atoms with Crippen LogP contribution in [0.5, 0.6) is 0 Å². The van der Waals surface area contributed by atoms with Crippen LogP contribution < -0.4 is 10.5 Å². The maximum atomic E-state index is 12.1. The van der Waals surface area contributed by atoms with Crippen molar-refractivity contribution in [2.75, 3.05) is 0 Å². The molecule has 0 atom stereocenters. The van der Waals surface area contributed by atoms with E-state index in [4.69, 9.17) is 5.73 Å². The highest BCUT2D eigenvalue weighted by molar-refractivity contribution is 7.91. The van der Waals surface area contributed by atoms with Crippen LogP contribution in [0.3, 0.4) is 0 Å². The van der Waals surface area contributed by atoms with Crippen LogP contribution >= 0.6 is 11.3 Å². The summed E-state index contributed by atoms with van der Waals surface area (Å²) in [6, 6.07) is 1.68. The van der Waals surface area contributed by atoms with Gasteiger partial charge < -0.3 is 5.73 Å². The van der Waals surface area contributed by atoms with Crippen molar-refractivity contribution in [3.63, 3.8) is 0 Å². The fraction of sp³-hybridized carbons (Fsp3) is 0.636. The first-order valence-corrected chi connectivity index (χ1v) is 7.85. The SMILES string of the molecule is CCC(C)(C)NS(=O)(=O)c1cc(C)c(CN)s1. The van der Waals surface area contributed by atoms with Gasteiger partial charge in [-0.1, -0.05) is 6.92 Å². The van der Waals surface area contributed by atoms with Crippen LogP contribution in [0, 0.1) is 6.92 Å². The molecule has 0 saturated carbocycles. The summed E-state index contributed by atoms with van der Waals surface area (Å²) in [6.07, 6.45) is 0.736. The number of aryl methyl sites for hydroxylation is 1. The molecule has 0 saturated heterocycles. The van der Waals surface area contributed by atoms with Crippen LogP contribution in [0.1, 0.15) is 37.6 Å². The van der Waals surface area contributed by atoms with Crippen LogP contribution in [0.4, 0.5) is 0 Å². The van der Waals surface area contributed by atoms with Crippen molar-refractivity contribution in [2.45, 2.75) is 50.4 Å². The number of nitrogens with two attached hydrogens (primary N) is 1. The van der Waals surface area contributed by atoms with Crippen LogP contribution in [0.2, 0.25) is 0 Å². The van der Waals surface area contributed by atoms with Gasteiger partial charge >= 0.3 is 0 Å². The summed E-state index contributed by atoms with van der Waals surface area (Å²) in [4.78, 5) is 0.916. The van der Waals surface area contributed by atoms with Crippen molar-refractivity contribution in [2.24, 2.45) is 5.73 Å². The maximum absolute atomic E-state index is 12.1. The second-order valence-electron chi connectivity index (χ2n) is 4.72. The molecular formula is C11H20N2O2S2. The smallest absolute Gasteiger partial charge is 0.250 e. The predicted molar refractivity (Wildman–Crippen MR) is 71.6 cm³/mol. The van der Waals surface area contributed by atoms with Crippen molar-refractivity contribution in [1.29, 1.82) is 0 Å². The zero-order chi connectivity index (χ0) is 13.3. The molecule has 0 unspecified atom stereocenters. The monoisotopic (exact) mass is 276 g/mol. The van der Waals surface area contributed by atoms with E-state index in [9.17, 15) is 8.42 Å². The zero-order valence-electron chi connectivity index (χ0n) is 10.7. The van der Waals surface area contributed by atoms with Crippen molar-refractivity contribution in [3.8, 4) is 0 Å². The van der Waals surface area contributed by atoms with E-state index in [1.54, 1.807) is 6.07 Å². The largest absolute Gasteiger partial charge is 0.326 e. The van der Waals surface area contributed by atoms with Gasteiger partial charge in [0.25, 0.3) is 10.0 Å². The Morgan fingerprint density at radius 2 is 2.06 bits per heavy atom. The Hall–Kier alpha value is -0.430. The van der Waals surface area contributed by atoms with Gasteiger partial charge in [0.1, 0.15) is 4.21 Å². The first-order chi connectivity index (χ1) is 7.72. The van der Waals surface area contributed by atoms with Gasteiger partial charge in [-0.15, -0.1) is 11.3 Å². The lowest BCUT2D eigenvalue weighted by Crippen LogP contribution is -2.42. The molecule has 98 valence electrons. The molecule has 0 spiro atoms. The van der Waals surface area contributed by atoms with Gasteiger partial charge in [0, 0.05) is 17.0 Å². The molecule has 6 heteroatoms. The standard InChI is InChI=1S/C11H20N2O2S2/c1-5-11(3,4)13-17(14,15)10-6-8(2)9(7-12)16-10/h6,13H,5,7,12H2,1-4H3. The van der Waals surface area contributed by atoms with Gasteiger partial charge in [-0.05, 0) is 38.8 Å². The molecule has 0 aliphatic rings. The van der Waals surface area contributed by atoms with Crippen molar-refractivity contribution in [1.82, 2.24) is 4.72 Å². The van der Waals surface area contributed by atoms with E-state index in [1.807, 2.05) is 27.7 Å². The Morgan fingerprint density at radius 3 is 2.47 bits per heavy atom. The number of sulfonamides is 1. The Labute approximate surface area is 107 Å². The minimum Gasteiger partial charge on any atom is -0.326 e. The summed E-state index contributed by atoms with van der Waals surface area (Å²) in [6.45, 7) is 7.95. The molecule has 17 heavy (non-hydrogen) atoms. The van der Waals surface area contributed by atoms with Gasteiger partial charge in [0.05, 0.1) is 0 Å².